The molecule has 0 spiro atoms. The molecule has 2 rings (SSSR count). The highest BCUT2D eigenvalue weighted by atomic mass is 35.5. The van der Waals surface area contributed by atoms with Gasteiger partial charge in [0.05, 0.1) is 15.5 Å². The van der Waals surface area contributed by atoms with Crippen molar-refractivity contribution in [1.82, 2.24) is 0 Å². The maximum atomic E-state index is 12.3. The zero-order valence-corrected chi connectivity index (χ0v) is 14.6. The van der Waals surface area contributed by atoms with Gasteiger partial charge in [-0.15, -0.1) is 0 Å². The molecule has 0 aliphatic rings. The number of aromatic carboxylic acids is 1. The fourth-order valence-electron chi connectivity index (χ4n) is 1.87. The quantitative estimate of drug-likeness (QED) is 0.684. The van der Waals surface area contributed by atoms with E-state index in [1.807, 2.05) is 0 Å². The summed E-state index contributed by atoms with van der Waals surface area (Å²) in [6, 6.07) is 7.43. The van der Waals surface area contributed by atoms with Crippen LogP contribution in [0.4, 0.5) is 24.5 Å². The Morgan fingerprint density at radius 2 is 1.56 bits per heavy atom. The van der Waals surface area contributed by atoms with Crippen LogP contribution in [0.2, 0.25) is 5.02 Å². The molecule has 0 bridgehead atoms. The third kappa shape index (κ3) is 5.11. The van der Waals surface area contributed by atoms with E-state index in [2.05, 4.69) is 4.72 Å². The Balaban J connectivity index is 2.20. The summed E-state index contributed by atoms with van der Waals surface area (Å²) < 4.78 is 63.3. The second kappa shape index (κ2) is 7.45. The zero-order valence-electron chi connectivity index (χ0n) is 13.0. The van der Waals surface area contributed by atoms with Gasteiger partial charge in [0.1, 0.15) is 0 Å². The molecule has 0 aliphatic heterocycles. The van der Waals surface area contributed by atoms with Crippen LogP contribution in [0, 0.1) is 0 Å². The number of carbonyl (C=O) groups excluding carboxylic acids is 1. The van der Waals surface area contributed by atoms with E-state index in [9.17, 15) is 31.2 Å². The molecular formula is C15H10ClF3N2O5S. The van der Waals surface area contributed by atoms with Crippen molar-refractivity contribution in [1.29, 1.82) is 0 Å². The number of halogens is 4. The first-order chi connectivity index (χ1) is 12.4. The first kappa shape index (κ1) is 20.5. The molecule has 0 unspecified atom stereocenters. The van der Waals surface area contributed by atoms with Crippen molar-refractivity contribution in [2.24, 2.45) is 0 Å². The minimum Gasteiger partial charge on any atom is -0.478 e. The van der Waals surface area contributed by atoms with Crippen molar-refractivity contribution >= 4 is 44.9 Å². The molecule has 144 valence electrons. The Kier molecular flexibility index (Phi) is 5.66. The fraction of sp³-hybridized carbons (Fsp3) is 0.0667. The topological polar surface area (TPSA) is 113 Å². The summed E-state index contributed by atoms with van der Waals surface area (Å²) in [7, 11) is -4.18. The second-order valence-electron chi connectivity index (χ2n) is 5.08. The van der Waals surface area contributed by atoms with Crippen LogP contribution in [0.25, 0.3) is 0 Å². The van der Waals surface area contributed by atoms with Crippen molar-refractivity contribution in [3.63, 3.8) is 0 Å². The molecule has 12 heteroatoms. The molecule has 0 heterocycles. The minimum atomic E-state index is -5.06. The number of alkyl halides is 3. The number of sulfonamides is 1. The van der Waals surface area contributed by atoms with Gasteiger partial charge in [0.15, 0.2) is 0 Å². The van der Waals surface area contributed by atoms with Gasteiger partial charge in [0, 0.05) is 11.4 Å². The number of hydrogen-bond donors (Lipinski definition) is 3. The van der Waals surface area contributed by atoms with Crippen molar-refractivity contribution < 1.29 is 36.3 Å². The van der Waals surface area contributed by atoms with Gasteiger partial charge in [-0.25, -0.2) is 13.2 Å². The Morgan fingerprint density at radius 1 is 1.00 bits per heavy atom. The lowest BCUT2D eigenvalue weighted by atomic mass is 10.2. The molecular weight excluding hydrogens is 413 g/mol. The number of hydrogen-bond acceptors (Lipinski definition) is 4. The van der Waals surface area contributed by atoms with Crippen molar-refractivity contribution in [2.45, 2.75) is 11.1 Å². The van der Waals surface area contributed by atoms with Crippen LogP contribution in [0.5, 0.6) is 0 Å². The molecule has 1 amide bonds. The molecule has 7 nitrogen and oxygen atoms in total. The molecule has 0 saturated heterocycles. The Labute approximate surface area is 155 Å². The summed E-state index contributed by atoms with van der Waals surface area (Å²) in [5.41, 5.74) is -0.628. The number of nitrogens with one attached hydrogen (secondary N) is 2. The number of rotatable bonds is 5. The summed E-state index contributed by atoms with van der Waals surface area (Å²) in [5.74, 6) is -3.58. The number of carboxylic acids is 1. The van der Waals surface area contributed by atoms with Crippen LogP contribution in [0.3, 0.4) is 0 Å². The van der Waals surface area contributed by atoms with Crippen LogP contribution >= 0.6 is 11.6 Å². The molecule has 2 aromatic rings. The third-order valence-electron chi connectivity index (χ3n) is 3.13. The van der Waals surface area contributed by atoms with E-state index in [-0.39, 0.29) is 21.3 Å². The number of carbonyl (C=O) groups is 2. The van der Waals surface area contributed by atoms with Gasteiger partial charge in [-0.2, -0.15) is 13.2 Å². The van der Waals surface area contributed by atoms with Crippen molar-refractivity contribution in [2.75, 3.05) is 10.0 Å². The minimum absolute atomic E-state index is 0.0215. The summed E-state index contributed by atoms with van der Waals surface area (Å²) in [6.45, 7) is 0. The number of benzene rings is 2. The average molecular weight is 423 g/mol. The normalized spacial score (nSPS) is 11.7. The largest absolute Gasteiger partial charge is 0.478 e. The molecule has 0 atom stereocenters. The van der Waals surface area contributed by atoms with Gasteiger partial charge >= 0.3 is 18.1 Å². The lowest BCUT2D eigenvalue weighted by Crippen LogP contribution is -2.29. The Morgan fingerprint density at radius 3 is 2.07 bits per heavy atom. The molecule has 0 aliphatic carbocycles. The van der Waals surface area contributed by atoms with Crippen LogP contribution in [0.1, 0.15) is 10.4 Å². The van der Waals surface area contributed by atoms with Gasteiger partial charge < -0.3 is 10.4 Å². The van der Waals surface area contributed by atoms with E-state index in [1.165, 1.54) is 0 Å². The summed E-state index contributed by atoms with van der Waals surface area (Å²) in [4.78, 5) is 21.5. The van der Waals surface area contributed by atoms with Gasteiger partial charge in [-0.3, -0.25) is 9.52 Å². The molecule has 0 radical (unpaired) electrons. The van der Waals surface area contributed by atoms with Crippen LogP contribution in [-0.2, 0) is 14.8 Å². The molecule has 2 aromatic carbocycles. The predicted molar refractivity (Wildman–Crippen MR) is 90.3 cm³/mol. The van der Waals surface area contributed by atoms with E-state index in [1.54, 1.807) is 5.32 Å². The summed E-state index contributed by atoms with van der Waals surface area (Å²) >= 11 is 5.68. The average Bonchev–Trinajstić information content (AvgIpc) is 2.55. The highest BCUT2D eigenvalue weighted by molar-refractivity contribution is 7.92. The molecule has 0 fully saturated rings. The summed E-state index contributed by atoms with van der Waals surface area (Å²) in [5, 5.41) is 10.5. The monoisotopic (exact) mass is 422 g/mol. The first-order valence-corrected chi connectivity index (χ1v) is 8.80. The van der Waals surface area contributed by atoms with E-state index in [0.29, 0.717) is 0 Å². The molecule has 0 aromatic heterocycles. The fourth-order valence-corrected chi connectivity index (χ4v) is 3.16. The maximum absolute atomic E-state index is 12.3. The van der Waals surface area contributed by atoms with Crippen LogP contribution < -0.4 is 10.0 Å². The van der Waals surface area contributed by atoms with E-state index in [0.717, 1.165) is 42.5 Å². The van der Waals surface area contributed by atoms with Gasteiger partial charge in [-0.05, 0) is 42.5 Å². The highest BCUT2D eigenvalue weighted by Gasteiger charge is 2.38. The Bertz CT molecular complexity index is 992. The van der Waals surface area contributed by atoms with E-state index >= 15 is 0 Å². The molecule has 3 N–H and O–H groups in total. The summed E-state index contributed by atoms with van der Waals surface area (Å²) in [6.07, 6.45) is -5.06. The van der Waals surface area contributed by atoms with Crippen molar-refractivity contribution in [3.8, 4) is 0 Å². The highest BCUT2D eigenvalue weighted by Crippen LogP contribution is 2.24. The predicted octanol–water partition coefficient (Wildman–Crippen LogP) is 3.34. The first-order valence-electron chi connectivity index (χ1n) is 6.94. The smallest absolute Gasteiger partial charge is 0.471 e. The SMILES string of the molecule is O=C(O)c1cc(S(=O)(=O)Nc2ccc(NC(=O)C(F)(F)F)cc2)ccc1Cl. The third-order valence-corrected chi connectivity index (χ3v) is 4.84. The van der Waals surface area contributed by atoms with Crippen LogP contribution in [-0.4, -0.2) is 31.6 Å². The van der Waals surface area contributed by atoms with Gasteiger partial charge in [-0.1, -0.05) is 11.6 Å². The van der Waals surface area contributed by atoms with Gasteiger partial charge in [0.2, 0.25) is 0 Å². The number of carboxylic acid groups (broad SMARTS) is 1. The molecule has 27 heavy (non-hydrogen) atoms. The lowest BCUT2D eigenvalue weighted by molar-refractivity contribution is -0.167. The van der Waals surface area contributed by atoms with Crippen LogP contribution in [0.15, 0.2) is 47.4 Å². The molecule has 0 saturated carbocycles. The van der Waals surface area contributed by atoms with E-state index < -0.39 is 33.6 Å². The number of amides is 1. The van der Waals surface area contributed by atoms with Gasteiger partial charge in [0.25, 0.3) is 10.0 Å². The lowest BCUT2D eigenvalue weighted by Gasteiger charge is -2.11. The maximum Gasteiger partial charge on any atom is 0.471 e. The standard InChI is InChI=1S/C15H10ClF3N2O5S/c16-12-6-5-10(7-11(12)13(22)23)27(25,26)21-9-3-1-8(2-4-9)20-14(24)15(17,18)19/h1-7,21H,(H,20,24)(H,22,23). The zero-order chi connectivity index (χ0) is 20.4. The Hall–Kier alpha value is -2.79. The van der Waals surface area contributed by atoms with E-state index in [4.69, 9.17) is 16.7 Å². The van der Waals surface area contributed by atoms with Crippen molar-refractivity contribution in [3.05, 3.63) is 53.1 Å². The second-order valence-corrected chi connectivity index (χ2v) is 7.17. The number of anilines is 2.